The predicted molar refractivity (Wildman–Crippen MR) is 72.5 cm³/mol. The molecule has 0 saturated carbocycles. The van der Waals surface area contributed by atoms with Crippen molar-refractivity contribution in [2.75, 3.05) is 20.3 Å². The van der Waals surface area contributed by atoms with Gasteiger partial charge in [0.1, 0.15) is 0 Å². The second-order valence-electron chi connectivity index (χ2n) is 5.03. The number of ether oxygens (including phenoxy) is 2. The van der Waals surface area contributed by atoms with Gasteiger partial charge in [-0.1, -0.05) is 6.07 Å². The van der Waals surface area contributed by atoms with Crippen LogP contribution in [0, 0.1) is 6.92 Å². The monoisotopic (exact) mass is 267 g/mol. The van der Waals surface area contributed by atoms with E-state index in [1.165, 1.54) is 0 Å². The third-order valence-electron chi connectivity index (χ3n) is 2.55. The van der Waals surface area contributed by atoms with Crippen molar-refractivity contribution in [3.8, 4) is 11.5 Å². The highest BCUT2D eigenvalue weighted by atomic mass is 16.5. The van der Waals surface area contributed by atoms with Crippen LogP contribution in [0.4, 0.5) is 0 Å². The van der Waals surface area contributed by atoms with Crippen LogP contribution in [0.5, 0.6) is 11.5 Å². The average molecular weight is 267 g/mol. The van der Waals surface area contributed by atoms with Gasteiger partial charge in [-0.05, 0) is 38.5 Å². The Bertz CT molecular complexity index is 443. The SMILES string of the molecule is COc1cc(C)ccc1OCC(=O)NC(C)(C)CO. The lowest BCUT2D eigenvalue weighted by Gasteiger charge is -2.23. The first-order valence-electron chi connectivity index (χ1n) is 6.07. The van der Waals surface area contributed by atoms with Crippen molar-refractivity contribution in [3.05, 3.63) is 23.8 Å². The van der Waals surface area contributed by atoms with Gasteiger partial charge in [0.05, 0.1) is 19.3 Å². The highest BCUT2D eigenvalue weighted by Crippen LogP contribution is 2.27. The summed E-state index contributed by atoms with van der Waals surface area (Å²) in [5.74, 6) is 0.820. The standard InChI is InChI=1S/C14H21NO4/c1-10-5-6-11(12(7-10)18-4)19-8-13(17)15-14(2,3)9-16/h5-7,16H,8-9H2,1-4H3,(H,15,17). The lowest BCUT2D eigenvalue weighted by molar-refractivity contribution is -0.125. The van der Waals surface area contributed by atoms with Crippen LogP contribution in [0.2, 0.25) is 0 Å². The molecule has 0 fully saturated rings. The van der Waals surface area contributed by atoms with E-state index in [1.54, 1.807) is 27.0 Å². The number of hydrogen-bond acceptors (Lipinski definition) is 4. The Hall–Kier alpha value is -1.75. The molecule has 5 heteroatoms. The summed E-state index contributed by atoms with van der Waals surface area (Å²) in [6.07, 6.45) is 0. The van der Waals surface area contributed by atoms with E-state index >= 15 is 0 Å². The fourth-order valence-corrected chi connectivity index (χ4v) is 1.49. The number of benzene rings is 1. The van der Waals surface area contributed by atoms with Gasteiger partial charge in [-0.25, -0.2) is 0 Å². The third kappa shape index (κ3) is 4.79. The minimum absolute atomic E-state index is 0.122. The van der Waals surface area contributed by atoms with E-state index in [1.807, 2.05) is 19.1 Å². The lowest BCUT2D eigenvalue weighted by atomic mass is 10.1. The first kappa shape index (κ1) is 15.3. The molecule has 2 N–H and O–H groups in total. The van der Waals surface area contributed by atoms with Crippen molar-refractivity contribution in [2.24, 2.45) is 0 Å². The highest BCUT2D eigenvalue weighted by molar-refractivity contribution is 5.78. The van der Waals surface area contributed by atoms with Crippen LogP contribution < -0.4 is 14.8 Å². The van der Waals surface area contributed by atoms with Gasteiger partial charge in [0.15, 0.2) is 18.1 Å². The molecule has 1 rings (SSSR count). The molecule has 1 aromatic rings. The lowest BCUT2D eigenvalue weighted by Crippen LogP contribution is -2.48. The van der Waals surface area contributed by atoms with Crippen molar-refractivity contribution in [1.29, 1.82) is 0 Å². The molecule has 1 aromatic carbocycles. The van der Waals surface area contributed by atoms with Crippen molar-refractivity contribution >= 4 is 5.91 Å². The molecule has 106 valence electrons. The molecular formula is C14H21NO4. The molecule has 0 aliphatic carbocycles. The van der Waals surface area contributed by atoms with Crippen LogP contribution in [0.25, 0.3) is 0 Å². The van der Waals surface area contributed by atoms with Gasteiger partial charge >= 0.3 is 0 Å². The first-order chi connectivity index (χ1) is 8.88. The number of amides is 1. The van der Waals surface area contributed by atoms with Crippen LogP contribution in [0.1, 0.15) is 19.4 Å². The number of aryl methyl sites for hydroxylation is 1. The summed E-state index contributed by atoms with van der Waals surface area (Å²) in [5.41, 5.74) is 0.396. The number of rotatable bonds is 6. The fourth-order valence-electron chi connectivity index (χ4n) is 1.49. The molecule has 0 aromatic heterocycles. The maximum absolute atomic E-state index is 11.7. The summed E-state index contributed by atoms with van der Waals surface area (Å²) < 4.78 is 10.6. The van der Waals surface area contributed by atoms with Crippen molar-refractivity contribution in [1.82, 2.24) is 5.32 Å². The number of carbonyl (C=O) groups excluding carboxylic acids is 1. The van der Waals surface area contributed by atoms with Crippen molar-refractivity contribution < 1.29 is 19.4 Å². The van der Waals surface area contributed by atoms with Crippen LogP contribution in [-0.4, -0.2) is 36.9 Å². The second-order valence-corrected chi connectivity index (χ2v) is 5.03. The maximum atomic E-state index is 11.7. The van der Waals surface area contributed by atoms with E-state index in [0.29, 0.717) is 11.5 Å². The van der Waals surface area contributed by atoms with Gasteiger partial charge in [0.25, 0.3) is 5.91 Å². The topological polar surface area (TPSA) is 67.8 Å². The Kier molecular flexibility index (Phi) is 5.18. The maximum Gasteiger partial charge on any atom is 0.258 e. The van der Waals surface area contributed by atoms with Crippen LogP contribution in [0.15, 0.2) is 18.2 Å². The van der Waals surface area contributed by atoms with E-state index in [0.717, 1.165) is 5.56 Å². The Balaban J connectivity index is 2.60. The molecule has 0 spiro atoms. The van der Waals surface area contributed by atoms with Crippen molar-refractivity contribution in [2.45, 2.75) is 26.3 Å². The summed E-state index contributed by atoms with van der Waals surface area (Å²) >= 11 is 0. The molecule has 5 nitrogen and oxygen atoms in total. The van der Waals surface area contributed by atoms with Gasteiger partial charge in [-0.15, -0.1) is 0 Å². The van der Waals surface area contributed by atoms with Crippen LogP contribution >= 0.6 is 0 Å². The molecule has 0 unspecified atom stereocenters. The third-order valence-corrected chi connectivity index (χ3v) is 2.55. The second kappa shape index (κ2) is 6.43. The van der Waals surface area contributed by atoms with Gasteiger partial charge in [0.2, 0.25) is 0 Å². The van der Waals surface area contributed by atoms with Gasteiger partial charge < -0.3 is 19.9 Å². The molecule has 0 radical (unpaired) electrons. The fraction of sp³-hybridized carbons (Fsp3) is 0.500. The zero-order valence-corrected chi connectivity index (χ0v) is 11.8. The summed E-state index contributed by atoms with van der Waals surface area (Å²) in [7, 11) is 1.55. The molecule has 0 aliphatic rings. The van der Waals surface area contributed by atoms with Crippen LogP contribution in [0.3, 0.4) is 0 Å². The summed E-state index contributed by atoms with van der Waals surface area (Å²) in [5, 5.41) is 11.7. The zero-order valence-electron chi connectivity index (χ0n) is 11.8. The van der Waals surface area contributed by atoms with Crippen LogP contribution in [-0.2, 0) is 4.79 Å². The number of methoxy groups -OCH3 is 1. The zero-order chi connectivity index (χ0) is 14.5. The molecule has 0 atom stereocenters. The molecule has 0 bridgehead atoms. The smallest absolute Gasteiger partial charge is 0.258 e. The van der Waals surface area contributed by atoms with E-state index in [-0.39, 0.29) is 19.1 Å². The Morgan fingerprint density at radius 1 is 1.37 bits per heavy atom. The summed E-state index contributed by atoms with van der Waals surface area (Å²) in [4.78, 5) is 11.7. The molecular weight excluding hydrogens is 246 g/mol. The molecule has 19 heavy (non-hydrogen) atoms. The Morgan fingerprint density at radius 2 is 2.05 bits per heavy atom. The van der Waals surface area contributed by atoms with Crippen molar-refractivity contribution in [3.63, 3.8) is 0 Å². The average Bonchev–Trinajstić information content (AvgIpc) is 2.36. The van der Waals surface area contributed by atoms with Gasteiger partial charge in [-0.3, -0.25) is 4.79 Å². The number of aliphatic hydroxyl groups is 1. The van der Waals surface area contributed by atoms with Gasteiger partial charge in [0, 0.05) is 0 Å². The minimum Gasteiger partial charge on any atom is -0.493 e. The van der Waals surface area contributed by atoms with E-state index in [9.17, 15) is 4.79 Å². The summed E-state index contributed by atoms with van der Waals surface area (Å²) in [6.45, 7) is 5.16. The molecule has 0 saturated heterocycles. The number of carbonyl (C=O) groups is 1. The van der Waals surface area contributed by atoms with Gasteiger partial charge in [-0.2, -0.15) is 0 Å². The first-order valence-corrected chi connectivity index (χ1v) is 6.07. The Morgan fingerprint density at radius 3 is 2.63 bits per heavy atom. The predicted octanol–water partition coefficient (Wildman–Crippen LogP) is 1.27. The number of hydrogen-bond donors (Lipinski definition) is 2. The number of nitrogens with one attached hydrogen (secondary N) is 1. The highest BCUT2D eigenvalue weighted by Gasteiger charge is 2.19. The van der Waals surface area contributed by atoms with E-state index < -0.39 is 5.54 Å². The Labute approximate surface area is 113 Å². The van der Waals surface area contributed by atoms with E-state index in [2.05, 4.69) is 5.32 Å². The molecule has 0 heterocycles. The van der Waals surface area contributed by atoms with E-state index in [4.69, 9.17) is 14.6 Å². The minimum atomic E-state index is -0.655. The normalized spacial score (nSPS) is 11.0. The molecule has 0 aliphatic heterocycles. The largest absolute Gasteiger partial charge is 0.493 e. The summed E-state index contributed by atoms with van der Waals surface area (Å²) in [6, 6.07) is 5.48. The molecule has 1 amide bonds. The number of aliphatic hydroxyl groups excluding tert-OH is 1. The quantitative estimate of drug-likeness (QED) is 0.814.